The van der Waals surface area contributed by atoms with Gasteiger partial charge in [0, 0.05) is 11.8 Å². The molecule has 1 aliphatic heterocycles. The van der Waals surface area contributed by atoms with Crippen LogP contribution < -0.4 is 0 Å². The molecule has 1 aliphatic rings. The maximum Gasteiger partial charge on any atom is 0.411 e. The molecule has 0 aliphatic carbocycles. The second kappa shape index (κ2) is 7.73. The van der Waals surface area contributed by atoms with Crippen LogP contribution in [0.2, 0.25) is 0 Å². The normalized spacial score (nSPS) is 24.0. The Morgan fingerprint density at radius 1 is 1.39 bits per heavy atom. The molecule has 1 saturated heterocycles. The first-order valence-electron chi connectivity index (χ1n) is 7.85. The molecule has 2 atom stereocenters. The van der Waals surface area contributed by atoms with Crippen LogP contribution in [0.4, 0.5) is 4.79 Å². The first kappa shape index (κ1) is 17.7. The molecule has 0 radical (unpaired) electrons. The first-order valence-corrected chi connectivity index (χ1v) is 8.90. The largest absolute Gasteiger partial charge is 0.479 e. The van der Waals surface area contributed by atoms with Crippen molar-refractivity contribution in [3.05, 3.63) is 35.9 Å². The van der Waals surface area contributed by atoms with Crippen LogP contribution in [0.5, 0.6) is 0 Å². The molecule has 1 amide bonds. The second-order valence-electron chi connectivity index (χ2n) is 5.63. The number of rotatable bonds is 5. The number of hydrogen-bond donors (Lipinski definition) is 1. The monoisotopic (exact) mass is 337 g/mol. The van der Waals surface area contributed by atoms with Gasteiger partial charge in [0.05, 0.1) is 0 Å². The van der Waals surface area contributed by atoms with E-state index in [9.17, 15) is 14.7 Å². The van der Waals surface area contributed by atoms with Crippen molar-refractivity contribution in [2.24, 2.45) is 0 Å². The van der Waals surface area contributed by atoms with Crippen molar-refractivity contribution in [3.8, 4) is 0 Å². The second-order valence-corrected chi connectivity index (χ2v) is 7.08. The lowest BCUT2D eigenvalue weighted by Crippen LogP contribution is -2.63. The Hall–Kier alpha value is -1.69. The molecule has 1 aromatic carbocycles. The van der Waals surface area contributed by atoms with E-state index < -0.39 is 17.6 Å². The van der Waals surface area contributed by atoms with Gasteiger partial charge in [0.2, 0.25) is 0 Å². The molecule has 0 saturated carbocycles. The lowest BCUT2D eigenvalue weighted by atomic mass is 9.87. The Bertz CT molecular complexity index is 551. The van der Waals surface area contributed by atoms with Crippen molar-refractivity contribution in [2.45, 2.75) is 44.1 Å². The smallest absolute Gasteiger partial charge is 0.411 e. The number of nitrogens with zero attached hydrogens (tertiary/aromatic N) is 1. The zero-order valence-electron chi connectivity index (χ0n) is 13.5. The summed E-state index contributed by atoms with van der Waals surface area (Å²) in [6, 6.07) is 9.38. The van der Waals surface area contributed by atoms with Gasteiger partial charge in [-0.15, -0.1) is 0 Å². The summed E-state index contributed by atoms with van der Waals surface area (Å²) in [5.41, 5.74) is -0.307. The number of amides is 1. The molecular weight excluding hydrogens is 314 g/mol. The quantitative estimate of drug-likeness (QED) is 0.892. The van der Waals surface area contributed by atoms with Gasteiger partial charge < -0.3 is 9.84 Å². The number of carboxylic acids is 1. The molecule has 5 nitrogen and oxygen atoms in total. The highest BCUT2D eigenvalue weighted by molar-refractivity contribution is 8.00. The lowest BCUT2D eigenvalue weighted by molar-refractivity contribution is -0.151. The molecule has 0 spiro atoms. The minimum absolute atomic E-state index is 0.146. The SMILES string of the molecule is CCN(C(=O)OCc1ccccc1)C1(C(=O)O)CCCSC1C. The molecule has 2 rings (SSSR count). The number of carbonyl (C=O) groups excluding carboxylic acids is 1. The first-order chi connectivity index (χ1) is 11.0. The van der Waals surface area contributed by atoms with Gasteiger partial charge in [-0.25, -0.2) is 9.59 Å². The van der Waals surface area contributed by atoms with Crippen molar-refractivity contribution in [1.29, 1.82) is 0 Å². The number of ether oxygens (including phenoxy) is 1. The highest BCUT2D eigenvalue weighted by atomic mass is 32.2. The van der Waals surface area contributed by atoms with Crippen LogP contribution in [0.1, 0.15) is 32.3 Å². The summed E-state index contributed by atoms with van der Waals surface area (Å²) in [6.45, 7) is 4.13. The van der Waals surface area contributed by atoms with Crippen LogP contribution in [0.25, 0.3) is 0 Å². The number of hydrogen-bond acceptors (Lipinski definition) is 4. The molecule has 1 aromatic rings. The Kier molecular flexibility index (Phi) is 5.93. The number of likely N-dealkylation sites (N-methyl/N-ethyl adjacent to an activating group) is 1. The summed E-state index contributed by atoms with van der Waals surface area (Å²) in [6.07, 6.45) is 0.683. The van der Waals surface area contributed by atoms with Crippen LogP contribution in [0.3, 0.4) is 0 Å². The summed E-state index contributed by atoms with van der Waals surface area (Å²) in [7, 11) is 0. The molecule has 1 N–H and O–H groups in total. The fourth-order valence-corrected chi connectivity index (χ4v) is 4.35. The Morgan fingerprint density at radius 3 is 2.65 bits per heavy atom. The molecule has 6 heteroatoms. The van der Waals surface area contributed by atoms with E-state index in [4.69, 9.17) is 4.74 Å². The topological polar surface area (TPSA) is 66.8 Å². The molecule has 0 aromatic heterocycles. The third-order valence-corrected chi connectivity index (χ3v) is 5.75. The maximum absolute atomic E-state index is 12.5. The van der Waals surface area contributed by atoms with E-state index in [1.165, 1.54) is 4.90 Å². The third kappa shape index (κ3) is 3.63. The summed E-state index contributed by atoms with van der Waals surface area (Å²) < 4.78 is 5.37. The summed E-state index contributed by atoms with van der Waals surface area (Å²) >= 11 is 1.60. The van der Waals surface area contributed by atoms with Gasteiger partial charge in [0.15, 0.2) is 5.54 Å². The van der Waals surface area contributed by atoms with Crippen LogP contribution in [-0.2, 0) is 16.1 Å². The van der Waals surface area contributed by atoms with Gasteiger partial charge in [-0.2, -0.15) is 11.8 Å². The predicted octanol–water partition coefficient (Wildman–Crippen LogP) is 3.38. The number of thioether (sulfide) groups is 1. The number of aliphatic carboxylic acids is 1. The Morgan fingerprint density at radius 2 is 2.09 bits per heavy atom. The summed E-state index contributed by atoms with van der Waals surface area (Å²) in [5.74, 6) is -0.0250. The third-order valence-electron chi connectivity index (χ3n) is 4.34. The van der Waals surface area contributed by atoms with Crippen molar-refractivity contribution in [2.75, 3.05) is 12.3 Å². The van der Waals surface area contributed by atoms with E-state index in [2.05, 4.69) is 0 Å². The maximum atomic E-state index is 12.5. The molecule has 1 fully saturated rings. The molecule has 1 heterocycles. The van der Waals surface area contributed by atoms with Crippen molar-refractivity contribution < 1.29 is 19.4 Å². The van der Waals surface area contributed by atoms with E-state index in [-0.39, 0.29) is 11.9 Å². The van der Waals surface area contributed by atoms with Crippen molar-refractivity contribution in [3.63, 3.8) is 0 Å². The van der Waals surface area contributed by atoms with Crippen LogP contribution in [0, 0.1) is 0 Å². The Labute approximate surface area is 141 Å². The highest BCUT2D eigenvalue weighted by Crippen LogP contribution is 2.39. The van der Waals surface area contributed by atoms with Crippen molar-refractivity contribution in [1.82, 2.24) is 4.90 Å². The van der Waals surface area contributed by atoms with Crippen LogP contribution in [-0.4, -0.2) is 45.2 Å². The van der Waals surface area contributed by atoms with Gasteiger partial charge in [-0.05, 0) is 31.1 Å². The Balaban J connectivity index is 2.15. The van der Waals surface area contributed by atoms with E-state index in [0.29, 0.717) is 13.0 Å². The molecule has 2 unspecified atom stereocenters. The molecule has 23 heavy (non-hydrogen) atoms. The predicted molar refractivity (Wildman–Crippen MR) is 90.5 cm³/mol. The molecule has 126 valence electrons. The van der Waals surface area contributed by atoms with E-state index in [1.807, 2.05) is 37.3 Å². The minimum Gasteiger partial charge on any atom is -0.479 e. The average Bonchev–Trinajstić information content (AvgIpc) is 2.56. The number of carboxylic acid groups (broad SMARTS) is 1. The fraction of sp³-hybridized carbons (Fsp3) is 0.529. The summed E-state index contributed by atoms with van der Waals surface area (Å²) in [5, 5.41) is 9.66. The number of carbonyl (C=O) groups is 2. The van der Waals surface area contributed by atoms with Crippen LogP contribution >= 0.6 is 11.8 Å². The van der Waals surface area contributed by atoms with Gasteiger partial charge >= 0.3 is 12.1 Å². The van der Waals surface area contributed by atoms with Crippen molar-refractivity contribution >= 4 is 23.8 Å². The molecule has 0 bridgehead atoms. The fourth-order valence-electron chi connectivity index (χ4n) is 3.06. The number of benzene rings is 1. The van der Waals surface area contributed by atoms with E-state index >= 15 is 0 Å². The minimum atomic E-state index is -1.19. The summed E-state index contributed by atoms with van der Waals surface area (Å²) in [4.78, 5) is 25.9. The lowest BCUT2D eigenvalue weighted by Gasteiger charge is -2.45. The zero-order valence-corrected chi connectivity index (χ0v) is 14.3. The van der Waals surface area contributed by atoms with Gasteiger partial charge in [-0.1, -0.05) is 37.3 Å². The van der Waals surface area contributed by atoms with Crippen LogP contribution in [0.15, 0.2) is 30.3 Å². The van der Waals surface area contributed by atoms with Gasteiger partial charge in [0.1, 0.15) is 6.61 Å². The van der Waals surface area contributed by atoms with E-state index in [1.54, 1.807) is 18.7 Å². The standard InChI is InChI=1S/C17H23NO4S/c1-3-18(16(21)22-12-14-8-5-4-6-9-14)17(15(19)20)10-7-11-23-13(17)2/h4-6,8-9,13H,3,7,10-12H2,1-2H3,(H,19,20). The zero-order chi connectivity index (χ0) is 16.9. The van der Waals surface area contributed by atoms with Gasteiger partial charge in [0.25, 0.3) is 0 Å². The van der Waals surface area contributed by atoms with E-state index in [0.717, 1.165) is 17.7 Å². The molecular formula is C17H23NO4S. The van der Waals surface area contributed by atoms with Gasteiger partial charge in [-0.3, -0.25) is 4.90 Å². The highest BCUT2D eigenvalue weighted by Gasteiger charge is 2.52. The average molecular weight is 337 g/mol.